The quantitative estimate of drug-likeness (QED) is 0.609. The molecule has 0 aliphatic rings. The number of aromatic amines is 1. The van der Waals surface area contributed by atoms with Gasteiger partial charge in [0.1, 0.15) is 9.52 Å². The minimum Gasteiger partial charge on any atom is -0.369 e. The van der Waals surface area contributed by atoms with Gasteiger partial charge >= 0.3 is 0 Å². The Kier molecular flexibility index (Phi) is 2.51. The maximum absolute atomic E-state index is 3.16. The lowest BCUT2D eigenvalue weighted by atomic mass is 10.4. The summed E-state index contributed by atoms with van der Waals surface area (Å²) in [5.74, 6) is 0. The van der Waals surface area contributed by atoms with Crippen LogP contribution >= 0.6 is 0 Å². The van der Waals surface area contributed by atoms with Crippen LogP contribution in [-0.4, -0.2) is 14.5 Å². The Labute approximate surface area is 64.0 Å². The summed E-state index contributed by atoms with van der Waals surface area (Å²) in [6, 6.07) is 4.14. The first-order chi connectivity index (χ1) is 4.79. The van der Waals surface area contributed by atoms with E-state index in [0.717, 1.165) is 9.52 Å². The van der Waals surface area contributed by atoms with Gasteiger partial charge in [0.15, 0.2) is 0 Å². The molecular weight excluding hydrogens is 138 g/mol. The number of aromatic nitrogens is 1. The van der Waals surface area contributed by atoms with Crippen LogP contribution < -0.4 is 5.32 Å². The third-order valence-electron chi connectivity index (χ3n) is 1.11. The zero-order valence-electron chi connectivity index (χ0n) is 6.31. The molecule has 0 aromatic carbocycles. The average molecular weight is 149 g/mol. The fraction of sp³-hybridized carbons (Fsp3) is 0.250. The van der Waals surface area contributed by atoms with E-state index in [1.54, 1.807) is 0 Å². The van der Waals surface area contributed by atoms with Crippen LogP contribution in [0.1, 0.15) is 13.8 Å². The van der Waals surface area contributed by atoms with E-state index in [2.05, 4.69) is 30.6 Å². The molecule has 1 N–H and O–H groups in total. The molecule has 1 nitrogen and oxygen atoms in total. The van der Waals surface area contributed by atoms with Crippen LogP contribution in [-0.2, 0) is 0 Å². The van der Waals surface area contributed by atoms with Crippen molar-refractivity contribution < 1.29 is 0 Å². The van der Waals surface area contributed by atoms with Crippen LogP contribution in [0.5, 0.6) is 0 Å². The molecule has 0 spiro atoms. The number of allylic oxidation sites excluding steroid dienone is 1. The van der Waals surface area contributed by atoms with Crippen molar-refractivity contribution in [3.63, 3.8) is 0 Å². The third kappa shape index (κ3) is 2.23. The first-order valence-corrected chi connectivity index (χ1v) is 4.40. The van der Waals surface area contributed by atoms with Gasteiger partial charge < -0.3 is 4.98 Å². The van der Waals surface area contributed by atoms with Gasteiger partial charge in [0, 0.05) is 6.20 Å². The van der Waals surface area contributed by atoms with E-state index in [1.807, 2.05) is 12.3 Å². The molecule has 10 heavy (non-hydrogen) atoms. The van der Waals surface area contributed by atoms with Crippen LogP contribution in [0.25, 0.3) is 0 Å². The van der Waals surface area contributed by atoms with E-state index in [4.69, 9.17) is 0 Å². The van der Waals surface area contributed by atoms with E-state index < -0.39 is 0 Å². The SMILES string of the molecule is CC(C)=C[Si]c1ccc[nH]1. The molecule has 0 fully saturated rings. The van der Waals surface area contributed by atoms with E-state index >= 15 is 0 Å². The molecule has 0 atom stereocenters. The normalized spacial score (nSPS) is 9.40. The lowest BCUT2D eigenvalue weighted by molar-refractivity contribution is 1.41. The van der Waals surface area contributed by atoms with Gasteiger partial charge in [-0.05, 0) is 31.3 Å². The van der Waals surface area contributed by atoms with Gasteiger partial charge in [-0.15, -0.1) is 0 Å². The molecule has 0 unspecified atom stereocenters. The Balaban J connectivity index is 2.49. The predicted molar refractivity (Wildman–Crippen MR) is 45.6 cm³/mol. The highest BCUT2D eigenvalue weighted by atomic mass is 28.2. The molecule has 0 amide bonds. The first kappa shape index (κ1) is 7.35. The molecule has 0 aliphatic heterocycles. The fourth-order valence-corrected chi connectivity index (χ4v) is 1.45. The van der Waals surface area contributed by atoms with Gasteiger partial charge in [0.25, 0.3) is 0 Å². The number of hydrogen-bond donors (Lipinski definition) is 1. The monoisotopic (exact) mass is 149 g/mol. The second-order valence-electron chi connectivity index (χ2n) is 2.45. The first-order valence-electron chi connectivity index (χ1n) is 3.32. The molecule has 2 heteroatoms. The van der Waals surface area contributed by atoms with E-state index in [-0.39, 0.29) is 0 Å². The fourth-order valence-electron chi connectivity index (χ4n) is 0.642. The molecule has 1 aromatic rings. The van der Waals surface area contributed by atoms with Crippen molar-refractivity contribution in [1.82, 2.24) is 4.98 Å². The Morgan fingerprint density at radius 1 is 1.60 bits per heavy atom. The van der Waals surface area contributed by atoms with Crippen molar-refractivity contribution in [2.24, 2.45) is 0 Å². The maximum Gasteiger partial charge on any atom is 0.135 e. The van der Waals surface area contributed by atoms with Crippen LogP contribution in [0.3, 0.4) is 0 Å². The number of H-pyrrole nitrogens is 1. The summed E-state index contributed by atoms with van der Waals surface area (Å²) in [4.78, 5) is 3.16. The van der Waals surface area contributed by atoms with Gasteiger partial charge in [-0.25, -0.2) is 0 Å². The topological polar surface area (TPSA) is 15.8 Å². The summed E-state index contributed by atoms with van der Waals surface area (Å²) in [7, 11) is 0.792. The number of hydrogen-bond acceptors (Lipinski definition) is 0. The Morgan fingerprint density at radius 2 is 2.40 bits per heavy atom. The minimum absolute atomic E-state index is 0.792. The smallest absolute Gasteiger partial charge is 0.135 e. The Bertz CT molecular complexity index is 207. The van der Waals surface area contributed by atoms with Gasteiger partial charge in [0.05, 0.1) is 0 Å². The Morgan fingerprint density at radius 3 is 2.90 bits per heavy atom. The van der Waals surface area contributed by atoms with Crippen molar-refractivity contribution in [2.75, 3.05) is 0 Å². The van der Waals surface area contributed by atoms with Crippen LogP contribution in [0.4, 0.5) is 0 Å². The molecule has 1 rings (SSSR count). The zero-order chi connectivity index (χ0) is 7.40. The van der Waals surface area contributed by atoms with Gasteiger partial charge in [-0.3, -0.25) is 0 Å². The zero-order valence-corrected chi connectivity index (χ0v) is 7.31. The highest BCUT2D eigenvalue weighted by Crippen LogP contribution is 1.85. The second kappa shape index (κ2) is 3.42. The summed E-state index contributed by atoms with van der Waals surface area (Å²) in [5, 5.41) is 1.31. The van der Waals surface area contributed by atoms with Gasteiger partial charge in [0.2, 0.25) is 0 Å². The third-order valence-corrected chi connectivity index (χ3v) is 2.46. The maximum atomic E-state index is 3.16. The van der Waals surface area contributed by atoms with E-state index in [9.17, 15) is 0 Å². The Hall–Kier alpha value is -0.763. The molecule has 52 valence electrons. The molecule has 0 bridgehead atoms. The number of rotatable bonds is 2. The van der Waals surface area contributed by atoms with Crippen molar-refractivity contribution in [1.29, 1.82) is 0 Å². The predicted octanol–water partition coefficient (Wildman–Crippen LogP) is 1.27. The van der Waals surface area contributed by atoms with Crippen molar-refractivity contribution in [2.45, 2.75) is 13.8 Å². The van der Waals surface area contributed by atoms with E-state index in [1.165, 1.54) is 10.9 Å². The molecule has 0 aliphatic carbocycles. The summed E-state index contributed by atoms with van der Waals surface area (Å²) in [6.45, 7) is 4.24. The van der Waals surface area contributed by atoms with Crippen molar-refractivity contribution >= 4 is 14.8 Å². The lowest BCUT2D eigenvalue weighted by Crippen LogP contribution is -2.12. The summed E-state index contributed by atoms with van der Waals surface area (Å²) in [5.41, 5.74) is 3.62. The molecular formula is C8H11NSi. The minimum atomic E-state index is 0.792. The average Bonchev–Trinajstić information content (AvgIpc) is 2.34. The van der Waals surface area contributed by atoms with Crippen LogP contribution in [0.2, 0.25) is 0 Å². The highest BCUT2D eigenvalue weighted by Gasteiger charge is 1.88. The molecule has 2 radical (unpaired) electrons. The summed E-state index contributed by atoms with van der Waals surface area (Å²) < 4.78 is 0. The lowest BCUT2D eigenvalue weighted by Gasteiger charge is -1.88. The van der Waals surface area contributed by atoms with Crippen LogP contribution in [0, 0.1) is 0 Å². The van der Waals surface area contributed by atoms with Gasteiger partial charge in [-0.2, -0.15) is 0 Å². The van der Waals surface area contributed by atoms with Gasteiger partial charge in [-0.1, -0.05) is 11.3 Å². The van der Waals surface area contributed by atoms with Crippen molar-refractivity contribution in [3.05, 3.63) is 29.6 Å². The summed E-state index contributed by atoms with van der Waals surface area (Å²) >= 11 is 0. The number of nitrogens with one attached hydrogen (secondary N) is 1. The largest absolute Gasteiger partial charge is 0.369 e. The highest BCUT2D eigenvalue weighted by molar-refractivity contribution is 6.57. The standard InChI is InChI=1S/C8H11NSi/c1-7(2)6-10-8-4-3-5-9-8/h3-6,9H,1-2H3. The summed E-state index contributed by atoms with van der Waals surface area (Å²) in [6.07, 6.45) is 1.96. The van der Waals surface area contributed by atoms with Crippen molar-refractivity contribution in [3.8, 4) is 0 Å². The second-order valence-corrected chi connectivity index (χ2v) is 3.57. The molecule has 1 heterocycles. The molecule has 0 saturated carbocycles. The molecule has 0 saturated heterocycles. The van der Waals surface area contributed by atoms with Crippen LogP contribution in [0.15, 0.2) is 29.6 Å². The van der Waals surface area contributed by atoms with E-state index in [0.29, 0.717) is 0 Å². The molecule has 1 aromatic heterocycles.